The topological polar surface area (TPSA) is 66.5 Å². The molecule has 1 amide bonds. The highest BCUT2D eigenvalue weighted by atomic mass is 32.2. The number of piperidine rings is 1. The van der Waals surface area contributed by atoms with E-state index in [1.807, 2.05) is 0 Å². The maximum atomic E-state index is 12.6. The number of hydrogen-bond acceptors (Lipinski definition) is 4. The molecule has 21 heavy (non-hydrogen) atoms. The number of sulfone groups is 1. The van der Waals surface area contributed by atoms with Crippen LogP contribution in [0.15, 0.2) is 0 Å². The number of carbonyl (C=O) groups excluding carboxylic acids is 1. The van der Waals surface area contributed by atoms with Gasteiger partial charge in [-0.15, -0.1) is 0 Å². The first-order chi connectivity index (χ1) is 9.89. The minimum Gasteiger partial charge on any atom is -0.351 e. The summed E-state index contributed by atoms with van der Waals surface area (Å²) in [6, 6.07) is -0.336. The van der Waals surface area contributed by atoms with Crippen LogP contribution in [-0.2, 0) is 14.6 Å². The van der Waals surface area contributed by atoms with E-state index < -0.39 is 9.84 Å². The molecule has 0 aromatic heterocycles. The van der Waals surface area contributed by atoms with Gasteiger partial charge in [-0.05, 0) is 44.7 Å². The summed E-state index contributed by atoms with van der Waals surface area (Å²) in [6.07, 6.45) is 4.96. The zero-order chi connectivity index (χ0) is 15.5. The fourth-order valence-corrected chi connectivity index (χ4v) is 5.15. The maximum Gasteiger partial charge on any atom is 0.237 e. The summed E-state index contributed by atoms with van der Waals surface area (Å²) in [5.74, 6) is 0.611. The number of nitrogens with zero attached hydrogens (tertiary/aromatic N) is 1. The molecule has 0 saturated carbocycles. The first kappa shape index (κ1) is 16.7. The molecule has 0 aromatic carbocycles. The molecule has 2 saturated heterocycles. The van der Waals surface area contributed by atoms with Gasteiger partial charge in [0.2, 0.25) is 5.91 Å². The Bertz CT molecular complexity index is 456. The Hall–Kier alpha value is -0.620. The lowest BCUT2D eigenvalue weighted by Gasteiger charge is -2.37. The lowest BCUT2D eigenvalue weighted by Crippen LogP contribution is -2.55. The minimum atomic E-state index is -2.98. The second-order valence-corrected chi connectivity index (χ2v) is 8.98. The van der Waals surface area contributed by atoms with Gasteiger partial charge < -0.3 is 5.32 Å². The Kier molecular flexibility index (Phi) is 5.66. The number of carbonyl (C=O) groups is 1. The zero-order valence-corrected chi connectivity index (χ0v) is 14.0. The largest absolute Gasteiger partial charge is 0.351 e. The van der Waals surface area contributed by atoms with Crippen LogP contribution in [0.25, 0.3) is 0 Å². The second kappa shape index (κ2) is 7.09. The van der Waals surface area contributed by atoms with Crippen molar-refractivity contribution < 1.29 is 13.2 Å². The summed E-state index contributed by atoms with van der Waals surface area (Å²) in [6.45, 7) is 6.07. The highest BCUT2D eigenvalue weighted by Crippen LogP contribution is 2.19. The third-order valence-electron chi connectivity index (χ3n) is 4.49. The summed E-state index contributed by atoms with van der Waals surface area (Å²) < 4.78 is 23.4. The van der Waals surface area contributed by atoms with Gasteiger partial charge in [-0.25, -0.2) is 8.42 Å². The summed E-state index contributed by atoms with van der Waals surface area (Å²) in [4.78, 5) is 14.9. The highest BCUT2D eigenvalue weighted by molar-refractivity contribution is 7.91. The third kappa shape index (κ3) is 4.68. The molecule has 2 rings (SSSR count). The Balaban J connectivity index is 1.98. The Morgan fingerprint density at radius 1 is 1.14 bits per heavy atom. The molecule has 2 atom stereocenters. The van der Waals surface area contributed by atoms with E-state index in [1.54, 1.807) is 0 Å². The van der Waals surface area contributed by atoms with Crippen LogP contribution in [0.4, 0.5) is 0 Å². The van der Waals surface area contributed by atoms with E-state index >= 15 is 0 Å². The lowest BCUT2D eigenvalue weighted by atomic mass is 9.98. The number of hydrogen-bond donors (Lipinski definition) is 1. The van der Waals surface area contributed by atoms with Crippen LogP contribution in [0.2, 0.25) is 0 Å². The Labute approximate surface area is 128 Å². The third-order valence-corrected chi connectivity index (χ3v) is 6.31. The van der Waals surface area contributed by atoms with E-state index in [9.17, 15) is 13.2 Å². The molecule has 5 nitrogen and oxygen atoms in total. The van der Waals surface area contributed by atoms with Crippen molar-refractivity contribution in [2.24, 2.45) is 5.92 Å². The molecule has 122 valence electrons. The predicted molar refractivity (Wildman–Crippen MR) is 83.9 cm³/mol. The van der Waals surface area contributed by atoms with Gasteiger partial charge in [0.1, 0.15) is 0 Å². The van der Waals surface area contributed by atoms with E-state index in [4.69, 9.17) is 0 Å². The van der Waals surface area contributed by atoms with Crippen LogP contribution >= 0.6 is 0 Å². The fraction of sp³-hybridized carbons (Fsp3) is 0.933. The summed E-state index contributed by atoms with van der Waals surface area (Å²) >= 11 is 0. The van der Waals surface area contributed by atoms with Gasteiger partial charge in [-0.1, -0.05) is 20.3 Å². The molecular weight excluding hydrogens is 288 g/mol. The second-order valence-electron chi connectivity index (χ2n) is 6.75. The normalized spacial score (nSPS) is 28.2. The molecule has 2 aliphatic rings. The Morgan fingerprint density at radius 3 is 2.38 bits per heavy atom. The van der Waals surface area contributed by atoms with E-state index in [1.165, 1.54) is 6.42 Å². The fourth-order valence-electron chi connectivity index (χ4n) is 3.51. The van der Waals surface area contributed by atoms with Crippen molar-refractivity contribution in [1.82, 2.24) is 10.2 Å². The predicted octanol–water partition coefficient (Wildman–Crippen LogP) is 1.19. The molecule has 2 unspecified atom stereocenters. The monoisotopic (exact) mass is 316 g/mol. The van der Waals surface area contributed by atoms with Gasteiger partial charge in [0.05, 0.1) is 17.5 Å². The summed E-state index contributed by atoms with van der Waals surface area (Å²) in [5.41, 5.74) is 0. The number of amides is 1. The number of rotatable bonds is 4. The van der Waals surface area contributed by atoms with Crippen LogP contribution < -0.4 is 5.32 Å². The van der Waals surface area contributed by atoms with Gasteiger partial charge in [-0.2, -0.15) is 0 Å². The van der Waals surface area contributed by atoms with Crippen LogP contribution in [0.5, 0.6) is 0 Å². The quantitative estimate of drug-likeness (QED) is 0.846. The van der Waals surface area contributed by atoms with Crippen molar-refractivity contribution in [3.63, 3.8) is 0 Å². The van der Waals surface area contributed by atoms with Gasteiger partial charge in [0, 0.05) is 6.04 Å². The molecule has 6 heteroatoms. The molecule has 0 bridgehead atoms. The minimum absolute atomic E-state index is 0.00833. The molecule has 2 aliphatic heterocycles. The molecule has 1 N–H and O–H groups in total. The lowest BCUT2D eigenvalue weighted by molar-refractivity contribution is -0.129. The van der Waals surface area contributed by atoms with Crippen LogP contribution in [-0.4, -0.2) is 55.9 Å². The van der Waals surface area contributed by atoms with Crippen molar-refractivity contribution in [3.8, 4) is 0 Å². The maximum absolute atomic E-state index is 12.6. The molecule has 0 radical (unpaired) electrons. The number of nitrogens with one attached hydrogen (secondary N) is 1. The van der Waals surface area contributed by atoms with Crippen molar-refractivity contribution in [3.05, 3.63) is 0 Å². The molecule has 2 fully saturated rings. The average molecular weight is 316 g/mol. The van der Waals surface area contributed by atoms with Gasteiger partial charge in [-0.3, -0.25) is 9.69 Å². The molecule has 0 aromatic rings. The zero-order valence-electron chi connectivity index (χ0n) is 13.2. The van der Waals surface area contributed by atoms with Crippen LogP contribution in [0, 0.1) is 5.92 Å². The average Bonchev–Trinajstić information content (AvgIpc) is 2.38. The van der Waals surface area contributed by atoms with Crippen LogP contribution in [0.1, 0.15) is 46.0 Å². The van der Waals surface area contributed by atoms with E-state index in [-0.39, 0.29) is 35.4 Å². The SMILES string of the molecule is CC(C)C(C(=O)NC1CCCS(=O)(=O)C1)N1CCCCC1. The van der Waals surface area contributed by atoms with Crippen LogP contribution in [0.3, 0.4) is 0 Å². The first-order valence-corrected chi connectivity index (χ1v) is 9.96. The van der Waals surface area contributed by atoms with E-state index in [0.717, 1.165) is 32.4 Å². The number of likely N-dealkylation sites (tertiary alicyclic amines) is 1. The van der Waals surface area contributed by atoms with Crippen molar-refractivity contribution in [2.75, 3.05) is 24.6 Å². The van der Waals surface area contributed by atoms with E-state index in [2.05, 4.69) is 24.1 Å². The summed E-state index contributed by atoms with van der Waals surface area (Å²) in [5, 5.41) is 2.99. The van der Waals surface area contributed by atoms with Crippen molar-refractivity contribution in [1.29, 1.82) is 0 Å². The summed E-state index contributed by atoms with van der Waals surface area (Å²) in [7, 11) is -2.98. The molecular formula is C15H28N2O3S. The van der Waals surface area contributed by atoms with Gasteiger partial charge in [0.25, 0.3) is 0 Å². The van der Waals surface area contributed by atoms with Crippen molar-refractivity contribution >= 4 is 15.7 Å². The van der Waals surface area contributed by atoms with E-state index in [0.29, 0.717) is 6.42 Å². The molecule has 0 spiro atoms. The Morgan fingerprint density at radius 2 is 1.81 bits per heavy atom. The van der Waals surface area contributed by atoms with Gasteiger partial charge in [0.15, 0.2) is 9.84 Å². The molecule has 0 aliphatic carbocycles. The standard InChI is InChI=1S/C15H28N2O3S/c1-12(2)14(17-8-4-3-5-9-17)15(18)16-13-7-6-10-21(19,20)11-13/h12-14H,3-11H2,1-2H3,(H,16,18). The smallest absolute Gasteiger partial charge is 0.237 e. The molecule has 2 heterocycles. The first-order valence-electron chi connectivity index (χ1n) is 8.14. The van der Waals surface area contributed by atoms with Gasteiger partial charge >= 0.3 is 0 Å². The van der Waals surface area contributed by atoms with Crippen molar-refractivity contribution in [2.45, 2.75) is 58.0 Å². The highest BCUT2D eigenvalue weighted by Gasteiger charge is 2.33.